The topological polar surface area (TPSA) is 43.8 Å². The first kappa shape index (κ1) is 14.3. The van der Waals surface area contributed by atoms with Crippen molar-refractivity contribution in [2.24, 2.45) is 13.0 Å². The van der Waals surface area contributed by atoms with Gasteiger partial charge in [-0.1, -0.05) is 13.8 Å². The molecule has 0 aliphatic rings. The fourth-order valence-corrected chi connectivity index (χ4v) is 2.82. The van der Waals surface area contributed by atoms with Crippen LogP contribution in [0.5, 0.6) is 0 Å². The van der Waals surface area contributed by atoms with Crippen molar-refractivity contribution in [3.63, 3.8) is 0 Å². The quantitative estimate of drug-likeness (QED) is 0.836. The Hall–Kier alpha value is -1.11. The van der Waals surface area contributed by atoms with Crippen LogP contribution < -0.4 is 5.73 Å². The highest BCUT2D eigenvalue weighted by Gasteiger charge is 2.18. The molecule has 0 spiro atoms. The molecule has 102 valence electrons. The van der Waals surface area contributed by atoms with Gasteiger partial charge in [0.25, 0.3) is 0 Å². The van der Waals surface area contributed by atoms with E-state index in [1.807, 2.05) is 7.05 Å². The second-order valence-electron chi connectivity index (χ2n) is 5.06. The number of hydrogen-bond acceptors (Lipinski definition) is 2. The largest absolute Gasteiger partial charge is 0.384 e. The van der Waals surface area contributed by atoms with Crippen molar-refractivity contribution in [1.82, 2.24) is 9.78 Å². The molecule has 1 aromatic heterocycles. The Balaban J connectivity index is 2.58. The van der Waals surface area contributed by atoms with Gasteiger partial charge < -0.3 is 5.73 Å². The standard InChI is InChI=1S/C14H17FIN3/c1-8(2)6-11-13(18-19(3)14(11)17)10-5-4-9(15)7-12(10)16/h4-5,7-8H,6,17H2,1-3H3. The van der Waals surface area contributed by atoms with Gasteiger partial charge in [-0.25, -0.2) is 4.39 Å². The average molecular weight is 373 g/mol. The monoisotopic (exact) mass is 373 g/mol. The van der Waals surface area contributed by atoms with Gasteiger partial charge in [0.15, 0.2) is 0 Å². The third-order valence-electron chi connectivity index (χ3n) is 2.99. The van der Waals surface area contributed by atoms with Crippen LogP contribution in [0.3, 0.4) is 0 Å². The number of halogens is 2. The summed E-state index contributed by atoms with van der Waals surface area (Å²) in [5.74, 6) is 0.939. The molecule has 2 rings (SSSR count). The molecule has 3 nitrogen and oxygen atoms in total. The van der Waals surface area contributed by atoms with Crippen LogP contribution in [0.15, 0.2) is 18.2 Å². The highest BCUT2D eigenvalue weighted by Crippen LogP contribution is 2.32. The number of nitrogens with two attached hydrogens (primary N) is 1. The molecule has 0 amide bonds. The molecule has 0 saturated heterocycles. The molecule has 0 aliphatic carbocycles. The van der Waals surface area contributed by atoms with Gasteiger partial charge in [0, 0.05) is 21.7 Å². The molecule has 5 heteroatoms. The van der Waals surface area contributed by atoms with Gasteiger partial charge >= 0.3 is 0 Å². The molecule has 0 aliphatic heterocycles. The fourth-order valence-electron chi connectivity index (χ4n) is 2.09. The van der Waals surface area contributed by atoms with Crippen molar-refractivity contribution >= 4 is 28.4 Å². The summed E-state index contributed by atoms with van der Waals surface area (Å²) in [6.07, 6.45) is 0.864. The number of anilines is 1. The second kappa shape index (κ2) is 5.48. The summed E-state index contributed by atoms with van der Waals surface area (Å²) >= 11 is 2.13. The zero-order chi connectivity index (χ0) is 14.2. The molecule has 1 aromatic carbocycles. The van der Waals surface area contributed by atoms with Gasteiger partial charge in [0.05, 0.1) is 5.69 Å². The van der Waals surface area contributed by atoms with Crippen LogP contribution in [0.4, 0.5) is 10.2 Å². The number of rotatable bonds is 3. The van der Waals surface area contributed by atoms with E-state index in [2.05, 4.69) is 41.5 Å². The molecule has 0 unspecified atom stereocenters. The Labute approximate surface area is 126 Å². The molecule has 2 N–H and O–H groups in total. The van der Waals surface area contributed by atoms with Crippen LogP contribution >= 0.6 is 22.6 Å². The summed E-state index contributed by atoms with van der Waals surface area (Å²) in [4.78, 5) is 0. The second-order valence-corrected chi connectivity index (χ2v) is 6.22. The van der Waals surface area contributed by atoms with Gasteiger partial charge in [0.1, 0.15) is 11.6 Å². The number of nitrogen functional groups attached to an aromatic ring is 1. The summed E-state index contributed by atoms with van der Waals surface area (Å²) in [7, 11) is 1.83. The van der Waals surface area contributed by atoms with E-state index in [1.165, 1.54) is 12.1 Å². The van der Waals surface area contributed by atoms with Crippen molar-refractivity contribution < 1.29 is 4.39 Å². The van der Waals surface area contributed by atoms with Crippen LogP contribution in [0.1, 0.15) is 19.4 Å². The van der Waals surface area contributed by atoms with E-state index < -0.39 is 0 Å². The fraction of sp³-hybridized carbons (Fsp3) is 0.357. The van der Waals surface area contributed by atoms with E-state index in [4.69, 9.17) is 5.73 Å². The minimum Gasteiger partial charge on any atom is -0.384 e. The average Bonchev–Trinajstić information content (AvgIpc) is 2.57. The normalized spacial score (nSPS) is 11.3. The van der Waals surface area contributed by atoms with Crippen molar-refractivity contribution in [3.8, 4) is 11.3 Å². The Morgan fingerprint density at radius 1 is 1.42 bits per heavy atom. The number of benzene rings is 1. The van der Waals surface area contributed by atoms with Gasteiger partial charge in [-0.3, -0.25) is 4.68 Å². The maximum atomic E-state index is 13.2. The third-order valence-corrected chi connectivity index (χ3v) is 3.88. The smallest absolute Gasteiger partial charge is 0.125 e. The van der Waals surface area contributed by atoms with Gasteiger partial charge in [-0.05, 0) is 53.1 Å². The van der Waals surface area contributed by atoms with Crippen LogP contribution in [0.2, 0.25) is 0 Å². The lowest BCUT2D eigenvalue weighted by Crippen LogP contribution is -2.02. The summed E-state index contributed by atoms with van der Waals surface area (Å²) in [6, 6.07) is 4.74. The molecular weight excluding hydrogens is 356 g/mol. The number of aromatic nitrogens is 2. The lowest BCUT2D eigenvalue weighted by atomic mass is 9.99. The van der Waals surface area contributed by atoms with E-state index >= 15 is 0 Å². The lowest BCUT2D eigenvalue weighted by Gasteiger charge is -2.08. The predicted octanol–water partition coefficient (Wildman–Crippen LogP) is 3.61. The summed E-state index contributed by atoms with van der Waals surface area (Å²) in [6.45, 7) is 4.29. The lowest BCUT2D eigenvalue weighted by molar-refractivity contribution is 0.627. The summed E-state index contributed by atoms with van der Waals surface area (Å²) in [5.41, 5.74) is 8.93. The Kier molecular flexibility index (Phi) is 4.13. The van der Waals surface area contributed by atoms with Crippen molar-refractivity contribution in [2.75, 3.05) is 5.73 Å². The first-order valence-electron chi connectivity index (χ1n) is 6.17. The molecule has 0 saturated carbocycles. The van der Waals surface area contributed by atoms with E-state index in [0.717, 1.165) is 26.8 Å². The molecule has 0 radical (unpaired) electrons. The zero-order valence-corrected chi connectivity index (χ0v) is 13.4. The van der Waals surface area contributed by atoms with Crippen LogP contribution in [0, 0.1) is 15.3 Å². The highest BCUT2D eigenvalue weighted by molar-refractivity contribution is 14.1. The number of aryl methyl sites for hydroxylation is 1. The Morgan fingerprint density at radius 2 is 2.11 bits per heavy atom. The Bertz CT molecular complexity index is 605. The van der Waals surface area contributed by atoms with E-state index in [-0.39, 0.29) is 5.82 Å². The minimum absolute atomic E-state index is 0.234. The molecule has 1 heterocycles. The Morgan fingerprint density at radius 3 is 2.68 bits per heavy atom. The predicted molar refractivity (Wildman–Crippen MR) is 84.3 cm³/mol. The first-order chi connectivity index (χ1) is 8.90. The molecule has 0 bridgehead atoms. The molecular formula is C14H17FIN3. The SMILES string of the molecule is CC(C)Cc1c(-c2ccc(F)cc2I)nn(C)c1N. The summed E-state index contributed by atoms with van der Waals surface area (Å²) < 4.78 is 15.7. The van der Waals surface area contributed by atoms with Gasteiger partial charge in [0.2, 0.25) is 0 Å². The third kappa shape index (κ3) is 2.91. The van der Waals surface area contributed by atoms with Crippen molar-refractivity contribution in [1.29, 1.82) is 0 Å². The van der Waals surface area contributed by atoms with Crippen LogP contribution in [-0.2, 0) is 13.5 Å². The zero-order valence-electron chi connectivity index (χ0n) is 11.2. The van der Waals surface area contributed by atoms with Crippen LogP contribution in [0.25, 0.3) is 11.3 Å². The summed E-state index contributed by atoms with van der Waals surface area (Å²) in [5, 5.41) is 4.49. The highest BCUT2D eigenvalue weighted by atomic mass is 127. The van der Waals surface area contributed by atoms with Crippen molar-refractivity contribution in [3.05, 3.63) is 33.1 Å². The van der Waals surface area contributed by atoms with Crippen molar-refractivity contribution in [2.45, 2.75) is 20.3 Å². The van der Waals surface area contributed by atoms with E-state index in [0.29, 0.717) is 11.7 Å². The number of nitrogens with zero attached hydrogens (tertiary/aromatic N) is 2. The molecule has 0 fully saturated rings. The molecule has 0 atom stereocenters. The van der Waals surface area contributed by atoms with E-state index in [9.17, 15) is 4.39 Å². The van der Waals surface area contributed by atoms with Crippen LogP contribution in [-0.4, -0.2) is 9.78 Å². The molecule has 19 heavy (non-hydrogen) atoms. The minimum atomic E-state index is -0.234. The first-order valence-corrected chi connectivity index (χ1v) is 7.24. The van der Waals surface area contributed by atoms with Gasteiger partial charge in [-0.2, -0.15) is 5.10 Å². The maximum absolute atomic E-state index is 13.2. The molecule has 2 aromatic rings. The van der Waals surface area contributed by atoms with Gasteiger partial charge in [-0.15, -0.1) is 0 Å². The maximum Gasteiger partial charge on any atom is 0.125 e. The van der Waals surface area contributed by atoms with E-state index in [1.54, 1.807) is 10.7 Å². The number of hydrogen-bond donors (Lipinski definition) is 1.